The van der Waals surface area contributed by atoms with Crippen LogP contribution in [0.1, 0.15) is 38.6 Å². The summed E-state index contributed by atoms with van der Waals surface area (Å²) in [6, 6.07) is 5.70. The van der Waals surface area contributed by atoms with E-state index < -0.39 is 5.82 Å². The summed E-state index contributed by atoms with van der Waals surface area (Å²) in [7, 11) is 5.49. The Morgan fingerprint density at radius 1 is 1.15 bits per heavy atom. The smallest absolute Gasteiger partial charge is 0.242 e. The lowest BCUT2D eigenvalue weighted by atomic mass is 10.0. The van der Waals surface area contributed by atoms with E-state index in [-0.39, 0.29) is 29.6 Å². The maximum Gasteiger partial charge on any atom is 0.242 e. The lowest BCUT2D eigenvalue weighted by molar-refractivity contribution is -0.120. The number of nitrogens with zero attached hydrogens (tertiary/aromatic N) is 8. The van der Waals surface area contributed by atoms with Crippen LogP contribution in [0.4, 0.5) is 21.8 Å². The lowest BCUT2D eigenvalue weighted by Gasteiger charge is -2.34. The average Bonchev–Trinajstić information content (AvgIpc) is 3.25. The first-order valence-corrected chi connectivity index (χ1v) is 12.8. The molecule has 204 valence electrons. The number of ether oxygens (including phenoxy) is 1. The van der Waals surface area contributed by atoms with Crippen molar-refractivity contribution < 1.29 is 13.9 Å². The molecular weight excluding hydrogens is 501 g/mol. The van der Waals surface area contributed by atoms with Crippen molar-refractivity contribution >= 4 is 34.4 Å². The number of carbonyl (C=O) groups is 1. The number of aryl methyl sites for hydroxylation is 1. The SMILES string of the molecule is COc1nc(-c2nc(Nc3ccc(N4CCC(N(C)C)CC4=O)cn3)ncc2F)cc2c1nc(C)n2C(C)C. The Bertz CT molecular complexity index is 1520. The number of carbonyl (C=O) groups excluding carboxylic acids is 1. The zero-order valence-corrected chi connectivity index (χ0v) is 22.9. The van der Waals surface area contributed by atoms with Crippen molar-refractivity contribution in [3.05, 3.63) is 42.2 Å². The molecule has 11 nitrogen and oxygen atoms in total. The topological polar surface area (TPSA) is 114 Å². The van der Waals surface area contributed by atoms with Gasteiger partial charge in [-0.2, -0.15) is 0 Å². The molecule has 1 aliphatic rings. The predicted molar refractivity (Wildman–Crippen MR) is 147 cm³/mol. The van der Waals surface area contributed by atoms with E-state index in [0.29, 0.717) is 35.9 Å². The van der Waals surface area contributed by atoms with Crippen molar-refractivity contribution in [2.24, 2.45) is 0 Å². The molecule has 5 heterocycles. The summed E-state index contributed by atoms with van der Waals surface area (Å²) >= 11 is 0. The van der Waals surface area contributed by atoms with Crippen LogP contribution in [0.25, 0.3) is 22.4 Å². The molecule has 0 radical (unpaired) electrons. The van der Waals surface area contributed by atoms with E-state index in [4.69, 9.17) is 4.74 Å². The first-order valence-electron chi connectivity index (χ1n) is 12.8. The second-order valence-corrected chi connectivity index (χ2v) is 10.1. The van der Waals surface area contributed by atoms with Crippen LogP contribution in [-0.2, 0) is 4.79 Å². The zero-order chi connectivity index (χ0) is 27.8. The molecule has 0 spiro atoms. The number of aromatic nitrogens is 6. The van der Waals surface area contributed by atoms with E-state index >= 15 is 0 Å². The van der Waals surface area contributed by atoms with Crippen molar-refractivity contribution in [1.29, 1.82) is 0 Å². The molecule has 12 heteroatoms. The fourth-order valence-corrected chi connectivity index (χ4v) is 4.97. The summed E-state index contributed by atoms with van der Waals surface area (Å²) in [6.45, 7) is 6.64. The van der Waals surface area contributed by atoms with Crippen LogP contribution in [0.2, 0.25) is 0 Å². The highest BCUT2D eigenvalue weighted by molar-refractivity contribution is 5.94. The monoisotopic (exact) mass is 533 g/mol. The Kier molecular flexibility index (Phi) is 7.13. The largest absolute Gasteiger partial charge is 0.479 e. The normalized spacial score (nSPS) is 16.0. The molecule has 0 aliphatic carbocycles. The Morgan fingerprint density at radius 2 is 1.95 bits per heavy atom. The molecule has 5 rings (SSSR count). The minimum absolute atomic E-state index is 0.0211. The molecule has 4 aromatic heterocycles. The number of piperidine rings is 1. The van der Waals surface area contributed by atoms with Crippen molar-refractivity contribution in [3.8, 4) is 17.3 Å². The summed E-state index contributed by atoms with van der Waals surface area (Å²) in [6.07, 6.45) is 4.10. The maximum atomic E-state index is 15.0. The van der Waals surface area contributed by atoms with Crippen molar-refractivity contribution in [1.82, 2.24) is 34.4 Å². The molecule has 39 heavy (non-hydrogen) atoms. The van der Waals surface area contributed by atoms with Gasteiger partial charge >= 0.3 is 0 Å². The molecule has 1 unspecified atom stereocenters. The number of methoxy groups -OCH3 is 1. The molecule has 0 aromatic carbocycles. The number of nitrogens with one attached hydrogen (secondary N) is 1. The molecule has 0 saturated carbocycles. The second kappa shape index (κ2) is 10.5. The third-order valence-electron chi connectivity index (χ3n) is 6.95. The number of pyridine rings is 2. The summed E-state index contributed by atoms with van der Waals surface area (Å²) in [5.41, 5.74) is 2.43. The molecule has 1 N–H and O–H groups in total. The van der Waals surface area contributed by atoms with Gasteiger partial charge in [0.1, 0.15) is 17.3 Å². The van der Waals surface area contributed by atoms with Crippen LogP contribution in [0.15, 0.2) is 30.6 Å². The number of fused-ring (bicyclic) bond motifs is 1. The second-order valence-electron chi connectivity index (χ2n) is 10.1. The van der Waals surface area contributed by atoms with E-state index in [1.807, 2.05) is 45.5 Å². The molecule has 1 saturated heterocycles. The first-order chi connectivity index (χ1) is 18.7. The van der Waals surface area contributed by atoms with Gasteiger partial charge in [-0.15, -0.1) is 0 Å². The minimum Gasteiger partial charge on any atom is -0.479 e. The fourth-order valence-electron chi connectivity index (χ4n) is 4.97. The lowest BCUT2D eigenvalue weighted by Crippen LogP contribution is -2.45. The van der Waals surface area contributed by atoms with Gasteiger partial charge in [0, 0.05) is 25.0 Å². The fraction of sp³-hybridized carbons (Fsp3) is 0.407. The first kappa shape index (κ1) is 26.4. The van der Waals surface area contributed by atoms with E-state index in [1.165, 1.54) is 7.11 Å². The van der Waals surface area contributed by atoms with Crippen molar-refractivity contribution in [3.63, 3.8) is 0 Å². The number of halogens is 1. The van der Waals surface area contributed by atoms with Gasteiger partial charge in [0.25, 0.3) is 0 Å². The molecular formula is C27H32FN9O2. The molecule has 0 bridgehead atoms. The molecule has 1 amide bonds. The van der Waals surface area contributed by atoms with Gasteiger partial charge in [-0.25, -0.2) is 29.3 Å². The highest BCUT2D eigenvalue weighted by atomic mass is 19.1. The van der Waals surface area contributed by atoms with Crippen molar-refractivity contribution in [2.75, 3.05) is 38.0 Å². The molecule has 1 aliphatic heterocycles. The predicted octanol–water partition coefficient (Wildman–Crippen LogP) is 4.12. The van der Waals surface area contributed by atoms with Gasteiger partial charge in [0.2, 0.25) is 17.7 Å². The Balaban J connectivity index is 1.41. The van der Waals surface area contributed by atoms with Gasteiger partial charge in [-0.1, -0.05) is 0 Å². The number of imidazole rings is 1. The zero-order valence-electron chi connectivity index (χ0n) is 22.9. The summed E-state index contributed by atoms with van der Waals surface area (Å²) in [4.78, 5) is 38.5. The average molecular weight is 534 g/mol. The van der Waals surface area contributed by atoms with Crippen LogP contribution in [0.5, 0.6) is 5.88 Å². The minimum atomic E-state index is -0.621. The number of rotatable bonds is 7. The Hall–Kier alpha value is -4.19. The van der Waals surface area contributed by atoms with Crippen LogP contribution in [0, 0.1) is 12.7 Å². The van der Waals surface area contributed by atoms with Gasteiger partial charge < -0.3 is 24.4 Å². The number of amides is 1. The molecule has 1 atom stereocenters. The quantitative estimate of drug-likeness (QED) is 0.375. The van der Waals surface area contributed by atoms with Gasteiger partial charge in [-0.05, 0) is 59.5 Å². The van der Waals surface area contributed by atoms with E-state index in [2.05, 4.69) is 35.1 Å². The third kappa shape index (κ3) is 5.11. The number of hydrogen-bond acceptors (Lipinski definition) is 9. The summed E-state index contributed by atoms with van der Waals surface area (Å²) in [5, 5.41) is 3.02. The Labute approximate surface area is 226 Å². The standard InChI is InChI=1S/C27H32FN9O2/c1-15(2)37-16(3)31-25-21(37)12-20(32-26(25)39-6)24-19(28)14-30-27(34-24)33-22-8-7-18(13-29-22)36-10-9-17(35(4)5)11-23(36)38/h7-8,12-15,17H,9-11H2,1-6H3,(H,29,30,33,34). The van der Waals surface area contributed by atoms with Crippen LogP contribution in [-0.4, -0.2) is 74.1 Å². The van der Waals surface area contributed by atoms with E-state index in [0.717, 1.165) is 29.6 Å². The Morgan fingerprint density at radius 3 is 2.59 bits per heavy atom. The highest BCUT2D eigenvalue weighted by Gasteiger charge is 2.28. The van der Waals surface area contributed by atoms with E-state index in [1.54, 1.807) is 23.2 Å². The van der Waals surface area contributed by atoms with Gasteiger partial charge in [0.05, 0.1) is 36.4 Å². The molecule has 4 aromatic rings. The van der Waals surface area contributed by atoms with Crippen LogP contribution >= 0.6 is 0 Å². The number of hydrogen-bond donors (Lipinski definition) is 1. The highest BCUT2D eigenvalue weighted by Crippen LogP contribution is 2.32. The summed E-state index contributed by atoms with van der Waals surface area (Å²) in [5.74, 6) is 1.16. The van der Waals surface area contributed by atoms with Crippen LogP contribution in [0.3, 0.4) is 0 Å². The van der Waals surface area contributed by atoms with Crippen LogP contribution < -0.4 is 15.0 Å². The third-order valence-corrected chi connectivity index (χ3v) is 6.95. The van der Waals surface area contributed by atoms with Crippen molar-refractivity contribution in [2.45, 2.75) is 45.7 Å². The number of anilines is 3. The summed E-state index contributed by atoms with van der Waals surface area (Å²) < 4.78 is 22.5. The maximum absolute atomic E-state index is 15.0. The molecule has 1 fully saturated rings. The van der Waals surface area contributed by atoms with Gasteiger partial charge in [-0.3, -0.25) is 4.79 Å². The van der Waals surface area contributed by atoms with Gasteiger partial charge in [0.15, 0.2) is 11.3 Å². The van der Waals surface area contributed by atoms with E-state index in [9.17, 15) is 9.18 Å².